The molecule has 3 aromatic carbocycles. The average molecular weight is 571 g/mol. The van der Waals surface area contributed by atoms with E-state index >= 15 is 0 Å². The van der Waals surface area contributed by atoms with Crippen LogP contribution in [0.25, 0.3) is 0 Å². The van der Waals surface area contributed by atoms with Crippen LogP contribution in [0, 0.1) is 6.92 Å². The van der Waals surface area contributed by atoms with Crippen LogP contribution in [0.1, 0.15) is 59.1 Å². The van der Waals surface area contributed by atoms with Crippen molar-refractivity contribution < 1.29 is 28.5 Å². The minimum Gasteiger partial charge on any atom is -0.467 e. The van der Waals surface area contributed by atoms with E-state index in [0.717, 1.165) is 43.4 Å². The molecule has 0 saturated carbocycles. The summed E-state index contributed by atoms with van der Waals surface area (Å²) < 4.78 is 29.9. The van der Waals surface area contributed by atoms with Gasteiger partial charge in [0.25, 0.3) is 0 Å². The van der Waals surface area contributed by atoms with Crippen molar-refractivity contribution in [3.8, 4) is 0 Å². The average Bonchev–Trinajstić information content (AvgIpc) is 3.31. The number of hydrogen-bond acceptors (Lipinski definition) is 6. The fourth-order valence-corrected chi connectivity index (χ4v) is 5.93. The minimum atomic E-state index is -1.19. The second-order valence-electron chi connectivity index (χ2n) is 11.4. The predicted molar refractivity (Wildman–Crippen MR) is 162 cm³/mol. The van der Waals surface area contributed by atoms with Gasteiger partial charge in [-0.3, -0.25) is 0 Å². The number of hydrogen-bond donors (Lipinski definition) is 0. The first-order chi connectivity index (χ1) is 20.4. The SMILES string of the molecule is C=CCOCCCCc1ccc(Cc2cc([C@]34C[C@@H](OCc5ccccc5)C[C@](C(=O)OC)(CO3)O4)ccc2C)cc1. The van der Waals surface area contributed by atoms with Crippen molar-refractivity contribution in [1.29, 1.82) is 0 Å². The van der Waals surface area contributed by atoms with Crippen molar-refractivity contribution in [2.45, 2.75) is 69.5 Å². The summed E-state index contributed by atoms with van der Waals surface area (Å²) in [7, 11) is 1.39. The summed E-state index contributed by atoms with van der Waals surface area (Å²) in [6.07, 6.45) is 6.42. The van der Waals surface area contributed by atoms with Crippen molar-refractivity contribution in [2.24, 2.45) is 0 Å². The molecule has 0 aromatic heterocycles. The number of esters is 1. The molecule has 6 nitrogen and oxygen atoms in total. The Morgan fingerprint density at radius 3 is 2.55 bits per heavy atom. The molecule has 222 valence electrons. The normalized spacial score (nSPS) is 23.0. The van der Waals surface area contributed by atoms with E-state index in [4.69, 9.17) is 23.7 Å². The zero-order valence-corrected chi connectivity index (χ0v) is 24.8. The highest BCUT2D eigenvalue weighted by molar-refractivity contribution is 5.80. The summed E-state index contributed by atoms with van der Waals surface area (Å²) in [6, 6.07) is 25.3. The van der Waals surface area contributed by atoms with Crippen LogP contribution in [-0.4, -0.2) is 44.6 Å². The van der Waals surface area contributed by atoms with E-state index in [2.05, 4.69) is 49.9 Å². The Balaban J connectivity index is 1.29. The Morgan fingerprint density at radius 2 is 1.79 bits per heavy atom. The second-order valence-corrected chi connectivity index (χ2v) is 11.4. The van der Waals surface area contributed by atoms with E-state index < -0.39 is 17.4 Å². The molecular weight excluding hydrogens is 528 g/mol. The van der Waals surface area contributed by atoms with Crippen molar-refractivity contribution >= 4 is 5.97 Å². The van der Waals surface area contributed by atoms with Gasteiger partial charge >= 0.3 is 5.97 Å². The molecule has 0 unspecified atom stereocenters. The molecule has 2 saturated heterocycles. The molecule has 0 aliphatic carbocycles. The van der Waals surface area contributed by atoms with Gasteiger partial charge in [0, 0.05) is 25.0 Å². The van der Waals surface area contributed by atoms with Gasteiger partial charge in [0.1, 0.15) is 0 Å². The monoisotopic (exact) mass is 570 g/mol. The summed E-state index contributed by atoms with van der Waals surface area (Å²) >= 11 is 0. The summed E-state index contributed by atoms with van der Waals surface area (Å²) in [5.41, 5.74) is 5.77. The number of unbranched alkanes of at least 4 members (excludes halogenated alkanes) is 1. The van der Waals surface area contributed by atoms with E-state index in [9.17, 15) is 4.79 Å². The molecule has 3 atom stereocenters. The highest BCUT2D eigenvalue weighted by Crippen LogP contribution is 2.51. The smallest absolute Gasteiger partial charge is 0.340 e. The summed E-state index contributed by atoms with van der Waals surface area (Å²) in [5, 5.41) is 0. The number of fused-ring (bicyclic) bond motifs is 2. The molecular formula is C36H42O6. The van der Waals surface area contributed by atoms with Gasteiger partial charge in [0.2, 0.25) is 0 Å². The van der Waals surface area contributed by atoms with Gasteiger partial charge in [-0.25, -0.2) is 4.79 Å². The van der Waals surface area contributed by atoms with Crippen molar-refractivity contribution in [3.05, 3.63) is 119 Å². The van der Waals surface area contributed by atoms with Gasteiger partial charge in [-0.05, 0) is 66.5 Å². The first kappa shape index (κ1) is 30.2. The Hall–Kier alpha value is -3.29. The lowest BCUT2D eigenvalue weighted by atomic mass is 9.86. The fraction of sp³-hybridized carbons (Fsp3) is 0.417. The second kappa shape index (κ2) is 13.8. The maximum absolute atomic E-state index is 13.0. The van der Waals surface area contributed by atoms with Crippen LogP contribution in [0.15, 0.2) is 85.5 Å². The van der Waals surface area contributed by atoms with Crippen LogP contribution in [0.3, 0.4) is 0 Å². The fourth-order valence-electron chi connectivity index (χ4n) is 5.93. The Morgan fingerprint density at radius 1 is 1.00 bits per heavy atom. The van der Waals surface area contributed by atoms with E-state index in [0.29, 0.717) is 26.1 Å². The molecule has 2 bridgehead atoms. The molecule has 5 rings (SSSR count). The topological polar surface area (TPSA) is 63.2 Å². The molecule has 3 aromatic rings. The quantitative estimate of drug-likeness (QED) is 0.124. The number of aryl methyl sites for hydroxylation is 2. The van der Waals surface area contributed by atoms with Gasteiger partial charge in [-0.2, -0.15) is 0 Å². The zero-order valence-electron chi connectivity index (χ0n) is 24.8. The van der Waals surface area contributed by atoms with Gasteiger partial charge < -0.3 is 23.7 Å². The molecule has 2 fully saturated rings. The summed E-state index contributed by atoms with van der Waals surface area (Å²) in [5.74, 6) is -1.50. The van der Waals surface area contributed by atoms with Crippen LogP contribution in [-0.2, 0) is 53.7 Å². The van der Waals surface area contributed by atoms with Crippen molar-refractivity contribution in [2.75, 3.05) is 26.9 Å². The number of carbonyl (C=O) groups excluding carboxylic acids is 1. The first-order valence-corrected chi connectivity index (χ1v) is 14.9. The number of carbonyl (C=O) groups is 1. The number of rotatable bonds is 14. The van der Waals surface area contributed by atoms with Crippen LogP contribution < -0.4 is 0 Å². The third-order valence-electron chi connectivity index (χ3n) is 8.28. The van der Waals surface area contributed by atoms with Crippen LogP contribution in [0.4, 0.5) is 0 Å². The summed E-state index contributed by atoms with van der Waals surface area (Å²) in [6.45, 7) is 7.78. The lowest BCUT2D eigenvalue weighted by Gasteiger charge is -2.40. The van der Waals surface area contributed by atoms with Gasteiger partial charge in [0.15, 0.2) is 11.4 Å². The molecule has 42 heavy (non-hydrogen) atoms. The standard InChI is InChI=1S/C36H42O6/c1-4-19-39-20-9-8-10-28-14-16-29(17-15-28)21-31-22-32(18-13-27(31)2)36-24-33(40-25-30-11-6-5-7-12-30)23-35(42-36,26-41-36)34(37)38-3/h4-7,11-18,22,33H,1,8-10,19-21,23-26H2,2-3H3/t33-,35+,36+/m0/s1. The van der Waals surface area contributed by atoms with E-state index in [1.54, 1.807) is 6.08 Å². The predicted octanol–water partition coefficient (Wildman–Crippen LogP) is 6.60. The molecule has 2 aliphatic heterocycles. The maximum atomic E-state index is 13.0. The number of benzene rings is 3. The largest absolute Gasteiger partial charge is 0.467 e. The lowest BCUT2D eigenvalue weighted by molar-refractivity contribution is -0.252. The summed E-state index contributed by atoms with van der Waals surface area (Å²) in [4.78, 5) is 13.0. The number of ether oxygens (including phenoxy) is 5. The van der Waals surface area contributed by atoms with Crippen LogP contribution in [0.2, 0.25) is 0 Å². The van der Waals surface area contributed by atoms with E-state index in [1.165, 1.54) is 29.4 Å². The van der Waals surface area contributed by atoms with Gasteiger partial charge in [-0.15, -0.1) is 6.58 Å². The van der Waals surface area contributed by atoms with Crippen molar-refractivity contribution in [1.82, 2.24) is 0 Å². The van der Waals surface area contributed by atoms with Crippen LogP contribution >= 0.6 is 0 Å². The molecule has 2 heterocycles. The molecule has 0 spiro atoms. The molecule has 0 amide bonds. The molecule has 2 aliphatic rings. The van der Waals surface area contributed by atoms with E-state index in [-0.39, 0.29) is 12.7 Å². The third-order valence-corrected chi connectivity index (χ3v) is 8.28. The van der Waals surface area contributed by atoms with Gasteiger partial charge in [0.05, 0.1) is 33.0 Å². The molecule has 6 heteroatoms. The maximum Gasteiger partial charge on any atom is 0.340 e. The number of methoxy groups -OCH3 is 1. The van der Waals surface area contributed by atoms with Gasteiger partial charge in [-0.1, -0.05) is 72.8 Å². The highest BCUT2D eigenvalue weighted by Gasteiger charge is 2.62. The Labute approximate surface area is 249 Å². The zero-order chi connectivity index (χ0) is 29.4. The first-order valence-electron chi connectivity index (χ1n) is 14.9. The van der Waals surface area contributed by atoms with E-state index in [1.807, 2.05) is 36.4 Å². The van der Waals surface area contributed by atoms with Crippen LogP contribution in [0.5, 0.6) is 0 Å². The molecule has 0 radical (unpaired) electrons. The van der Waals surface area contributed by atoms with Crippen molar-refractivity contribution in [3.63, 3.8) is 0 Å². The lowest BCUT2D eigenvalue weighted by Crippen LogP contribution is -2.51. The Kier molecular flexibility index (Phi) is 9.91. The molecule has 0 N–H and O–H groups in total. The highest BCUT2D eigenvalue weighted by atomic mass is 16.8. The Bertz CT molecular complexity index is 1340. The minimum absolute atomic E-state index is 0.135. The third kappa shape index (κ3) is 7.01.